The van der Waals surface area contributed by atoms with Gasteiger partial charge in [-0.2, -0.15) is 0 Å². The maximum absolute atomic E-state index is 5.83. The van der Waals surface area contributed by atoms with Crippen LogP contribution in [0.3, 0.4) is 0 Å². The summed E-state index contributed by atoms with van der Waals surface area (Å²) in [5.41, 5.74) is 1.54. The van der Waals surface area contributed by atoms with Gasteiger partial charge in [-0.25, -0.2) is 0 Å². The molecule has 0 saturated carbocycles. The highest BCUT2D eigenvalue weighted by molar-refractivity contribution is 5.20. The van der Waals surface area contributed by atoms with Gasteiger partial charge in [-0.15, -0.1) is 0 Å². The number of nitrogens with one attached hydrogen (secondary N) is 1. The van der Waals surface area contributed by atoms with Crippen LogP contribution in [0.4, 0.5) is 0 Å². The molecule has 1 aliphatic rings. The molecule has 2 rings (SSSR count). The lowest BCUT2D eigenvalue weighted by Gasteiger charge is -2.39. The molecule has 2 atom stereocenters. The first-order valence-corrected chi connectivity index (χ1v) is 8.15. The first-order chi connectivity index (χ1) is 9.99. The maximum atomic E-state index is 5.83. The number of nitrogens with zero attached hydrogens (tertiary/aromatic N) is 1. The number of ether oxygens (including phenoxy) is 1. The number of benzene rings is 1. The smallest absolute Gasteiger partial charge is 0.0700 e. The lowest BCUT2D eigenvalue weighted by atomic mass is 10.0. The van der Waals surface area contributed by atoms with E-state index in [0.717, 1.165) is 32.7 Å². The van der Waals surface area contributed by atoms with E-state index in [4.69, 9.17) is 4.74 Å². The van der Waals surface area contributed by atoms with E-state index < -0.39 is 0 Å². The topological polar surface area (TPSA) is 24.5 Å². The standard InChI is InChI=1S/C18H30N2O/c1-5-16-14-20(11-12-21-16)17(13-19-18(2,3)4)15-9-7-6-8-10-15/h6-10,16-17,19H,5,11-14H2,1-4H3. The Labute approximate surface area is 129 Å². The summed E-state index contributed by atoms with van der Waals surface area (Å²) < 4.78 is 5.83. The van der Waals surface area contributed by atoms with E-state index in [1.165, 1.54) is 5.56 Å². The quantitative estimate of drug-likeness (QED) is 0.901. The predicted octanol–water partition coefficient (Wildman–Crippen LogP) is 3.23. The molecule has 0 radical (unpaired) electrons. The second-order valence-electron chi connectivity index (χ2n) is 6.95. The molecule has 1 aromatic carbocycles. The molecule has 0 amide bonds. The van der Waals surface area contributed by atoms with Crippen LogP contribution in [0.15, 0.2) is 30.3 Å². The van der Waals surface area contributed by atoms with E-state index in [1.54, 1.807) is 0 Å². The Bertz CT molecular complexity index is 413. The average Bonchev–Trinajstić information content (AvgIpc) is 2.48. The normalized spacial score (nSPS) is 22.2. The molecule has 3 heteroatoms. The van der Waals surface area contributed by atoms with Gasteiger partial charge >= 0.3 is 0 Å². The van der Waals surface area contributed by atoms with Gasteiger partial charge in [-0.1, -0.05) is 37.3 Å². The summed E-state index contributed by atoms with van der Waals surface area (Å²) in [5, 5.41) is 3.67. The second-order valence-corrected chi connectivity index (χ2v) is 6.95. The highest BCUT2D eigenvalue weighted by Gasteiger charge is 2.27. The van der Waals surface area contributed by atoms with Crippen LogP contribution in [0.2, 0.25) is 0 Å². The summed E-state index contributed by atoms with van der Waals surface area (Å²) in [4.78, 5) is 2.58. The summed E-state index contributed by atoms with van der Waals surface area (Å²) in [5.74, 6) is 0. The molecular formula is C18H30N2O. The second kappa shape index (κ2) is 7.39. The first-order valence-electron chi connectivity index (χ1n) is 8.15. The van der Waals surface area contributed by atoms with Gasteiger partial charge in [0.1, 0.15) is 0 Å². The van der Waals surface area contributed by atoms with E-state index in [9.17, 15) is 0 Å². The minimum absolute atomic E-state index is 0.142. The molecule has 2 unspecified atom stereocenters. The lowest BCUT2D eigenvalue weighted by Crippen LogP contribution is -2.49. The van der Waals surface area contributed by atoms with Crippen molar-refractivity contribution in [1.29, 1.82) is 0 Å². The van der Waals surface area contributed by atoms with Crippen LogP contribution in [-0.4, -0.2) is 42.8 Å². The summed E-state index contributed by atoms with van der Waals surface area (Å²) in [6, 6.07) is 11.3. The van der Waals surface area contributed by atoms with E-state index >= 15 is 0 Å². The number of hydrogen-bond acceptors (Lipinski definition) is 3. The van der Waals surface area contributed by atoms with E-state index in [0.29, 0.717) is 12.1 Å². The Morgan fingerprint density at radius 2 is 2.00 bits per heavy atom. The Hall–Kier alpha value is -0.900. The zero-order valence-electron chi connectivity index (χ0n) is 13.9. The van der Waals surface area contributed by atoms with Gasteiger partial charge in [0.05, 0.1) is 12.7 Å². The number of hydrogen-bond donors (Lipinski definition) is 1. The van der Waals surface area contributed by atoms with Crippen molar-refractivity contribution in [3.8, 4) is 0 Å². The van der Waals surface area contributed by atoms with Gasteiger partial charge in [-0.05, 0) is 32.8 Å². The van der Waals surface area contributed by atoms with Crippen LogP contribution in [-0.2, 0) is 4.74 Å². The van der Waals surface area contributed by atoms with Crippen molar-refractivity contribution in [2.24, 2.45) is 0 Å². The highest BCUT2D eigenvalue weighted by Crippen LogP contribution is 2.24. The summed E-state index contributed by atoms with van der Waals surface area (Å²) in [6.07, 6.45) is 1.46. The zero-order chi connectivity index (χ0) is 15.3. The first kappa shape index (κ1) is 16.5. The van der Waals surface area contributed by atoms with Crippen molar-refractivity contribution < 1.29 is 4.74 Å². The molecule has 1 heterocycles. The molecule has 0 bridgehead atoms. The summed E-state index contributed by atoms with van der Waals surface area (Å²) in [7, 11) is 0. The molecule has 0 aromatic heterocycles. The van der Waals surface area contributed by atoms with E-state index in [-0.39, 0.29) is 5.54 Å². The zero-order valence-corrected chi connectivity index (χ0v) is 13.9. The summed E-state index contributed by atoms with van der Waals surface area (Å²) >= 11 is 0. The minimum Gasteiger partial charge on any atom is -0.376 e. The van der Waals surface area contributed by atoms with Crippen molar-refractivity contribution in [3.63, 3.8) is 0 Å². The van der Waals surface area contributed by atoms with Crippen molar-refractivity contribution in [1.82, 2.24) is 10.2 Å². The minimum atomic E-state index is 0.142. The van der Waals surface area contributed by atoms with Gasteiger partial charge in [0.15, 0.2) is 0 Å². The molecule has 1 saturated heterocycles. The van der Waals surface area contributed by atoms with Crippen LogP contribution in [0.5, 0.6) is 0 Å². The fourth-order valence-corrected chi connectivity index (χ4v) is 2.81. The third kappa shape index (κ3) is 5.10. The van der Waals surface area contributed by atoms with Crippen LogP contribution >= 0.6 is 0 Å². The molecular weight excluding hydrogens is 260 g/mol. The van der Waals surface area contributed by atoms with Crippen molar-refractivity contribution in [3.05, 3.63) is 35.9 Å². The van der Waals surface area contributed by atoms with Gasteiger partial charge in [0, 0.05) is 31.2 Å². The Morgan fingerprint density at radius 3 is 2.62 bits per heavy atom. The van der Waals surface area contributed by atoms with Gasteiger partial charge in [0.2, 0.25) is 0 Å². The predicted molar refractivity (Wildman–Crippen MR) is 88.5 cm³/mol. The van der Waals surface area contributed by atoms with Crippen molar-refractivity contribution >= 4 is 0 Å². The van der Waals surface area contributed by atoms with Crippen LogP contribution in [0, 0.1) is 0 Å². The van der Waals surface area contributed by atoms with Gasteiger partial charge < -0.3 is 10.1 Å². The SMILES string of the molecule is CCC1CN(C(CNC(C)(C)C)c2ccccc2)CCO1. The van der Waals surface area contributed by atoms with Gasteiger partial charge in [-0.3, -0.25) is 4.90 Å². The third-order valence-electron chi connectivity index (χ3n) is 4.08. The van der Waals surface area contributed by atoms with Crippen molar-refractivity contribution in [2.75, 3.05) is 26.2 Å². The van der Waals surface area contributed by atoms with Crippen molar-refractivity contribution in [2.45, 2.75) is 51.8 Å². The Kier molecular flexibility index (Phi) is 5.80. The molecule has 3 nitrogen and oxygen atoms in total. The monoisotopic (exact) mass is 290 g/mol. The molecule has 21 heavy (non-hydrogen) atoms. The summed E-state index contributed by atoms with van der Waals surface area (Å²) in [6.45, 7) is 12.7. The molecule has 0 spiro atoms. The van der Waals surface area contributed by atoms with E-state index in [1.807, 2.05) is 0 Å². The molecule has 1 aliphatic heterocycles. The average molecular weight is 290 g/mol. The van der Waals surface area contributed by atoms with Gasteiger partial charge in [0.25, 0.3) is 0 Å². The fraction of sp³-hybridized carbons (Fsp3) is 0.667. The highest BCUT2D eigenvalue weighted by atomic mass is 16.5. The fourth-order valence-electron chi connectivity index (χ4n) is 2.81. The molecule has 1 fully saturated rings. The maximum Gasteiger partial charge on any atom is 0.0700 e. The lowest BCUT2D eigenvalue weighted by molar-refractivity contribution is -0.0453. The Morgan fingerprint density at radius 1 is 1.29 bits per heavy atom. The Balaban J connectivity index is 2.11. The number of rotatable bonds is 5. The van der Waals surface area contributed by atoms with Crippen LogP contribution in [0.1, 0.15) is 45.7 Å². The molecule has 0 aliphatic carbocycles. The third-order valence-corrected chi connectivity index (χ3v) is 4.08. The largest absolute Gasteiger partial charge is 0.376 e. The molecule has 1 N–H and O–H groups in total. The molecule has 118 valence electrons. The molecule has 1 aromatic rings. The van der Waals surface area contributed by atoms with E-state index in [2.05, 4.69) is 68.2 Å². The van der Waals surface area contributed by atoms with Crippen LogP contribution in [0.25, 0.3) is 0 Å². The van der Waals surface area contributed by atoms with Crippen LogP contribution < -0.4 is 5.32 Å². The number of morpholine rings is 1.